The van der Waals surface area contributed by atoms with Gasteiger partial charge in [-0.15, -0.1) is 0 Å². The minimum absolute atomic E-state index is 0.0572. The summed E-state index contributed by atoms with van der Waals surface area (Å²) in [6, 6.07) is 17.2. The quantitative estimate of drug-likeness (QED) is 0.933. The van der Waals surface area contributed by atoms with Crippen LogP contribution in [0.3, 0.4) is 0 Å². The fourth-order valence-electron chi connectivity index (χ4n) is 3.63. The summed E-state index contributed by atoms with van der Waals surface area (Å²) in [6.07, 6.45) is 0.799. The Hall–Kier alpha value is -2.80. The SMILES string of the molecule is CC1(C)CC(N(Cc2ccccc2)C(N)=O)c2cc(C#N)ccc21. The van der Waals surface area contributed by atoms with Crippen molar-refractivity contribution >= 4 is 6.03 Å². The first-order valence-electron chi connectivity index (χ1n) is 8.07. The molecule has 2 aromatic rings. The van der Waals surface area contributed by atoms with Crippen molar-refractivity contribution in [3.8, 4) is 6.07 Å². The van der Waals surface area contributed by atoms with Gasteiger partial charge in [0.15, 0.2) is 0 Å². The van der Waals surface area contributed by atoms with Gasteiger partial charge < -0.3 is 10.6 Å². The fourth-order valence-corrected chi connectivity index (χ4v) is 3.63. The Morgan fingerprint density at radius 3 is 2.62 bits per heavy atom. The van der Waals surface area contributed by atoms with Crippen LogP contribution < -0.4 is 5.73 Å². The van der Waals surface area contributed by atoms with Crippen LogP contribution in [-0.4, -0.2) is 10.9 Å². The molecule has 0 aliphatic heterocycles. The molecular formula is C20H21N3O. The minimum atomic E-state index is -0.435. The number of hydrogen-bond donors (Lipinski definition) is 1. The van der Waals surface area contributed by atoms with Gasteiger partial charge in [0.25, 0.3) is 0 Å². The van der Waals surface area contributed by atoms with Gasteiger partial charge in [-0.1, -0.05) is 50.2 Å². The molecule has 2 N–H and O–H groups in total. The second-order valence-electron chi connectivity index (χ2n) is 6.97. The lowest BCUT2D eigenvalue weighted by Gasteiger charge is -2.29. The molecule has 0 spiro atoms. The molecule has 24 heavy (non-hydrogen) atoms. The standard InChI is InChI=1S/C20H21N3O/c1-20(2)11-18(16-10-15(12-21)8-9-17(16)20)23(19(22)24)13-14-6-4-3-5-7-14/h3-10,18H,11,13H2,1-2H3,(H2,22,24). The normalized spacial score (nSPS) is 17.8. The highest BCUT2D eigenvalue weighted by atomic mass is 16.2. The molecule has 2 amide bonds. The number of amides is 2. The molecular weight excluding hydrogens is 298 g/mol. The van der Waals surface area contributed by atoms with Crippen molar-refractivity contribution in [3.63, 3.8) is 0 Å². The number of carbonyl (C=O) groups excluding carboxylic acids is 1. The van der Waals surface area contributed by atoms with Gasteiger partial charge in [0.05, 0.1) is 17.7 Å². The number of primary amides is 1. The van der Waals surface area contributed by atoms with Crippen molar-refractivity contribution < 1.29 is 4.79 Å². The molecule has 0 bridgehead atoms. The molecule has 1 aliphatic rings. The van der Waals surface area contributed by atoms with Crippen molar-refractivity contribution in [2.24, 2.45) is 5.73 Å². The van der Waals surface area contributed by atoms with Crippen LogP contribution in [0, 0.1) is 11.3 Å². The van der Waals surface area contributed by atoms with Gasteiger partial charge in [-0.3, -0.25) is 0 Å². The van der Waals surface area contributed by atoms with Crippen LogP contribution >= 0.6 is 0 Å². The third kappa shape index (κ3) is 2.85. The summed E-state index contributed by atoms with van der Waals surface area (Å²) in [5.74, 6) is 0. The number of carbonyl (C=O) groups is 1. The molecule has 0 saturated heterocycles. The molecule has 0 radical (unpaired) electrons. The zero-order chi connectivity index (χ0) is 17.3. The molecule has 1 unspecified atom stereocenters. The van der Waals surface area contributed by atoms with Gasteiger partial charge in [-0.2, -0.15) is 5.26 Å². The van der Waals surface area contributed by atoms with Crippen LogP contribution in [0.2, 0.25) is 0 Å². The Morgan fingerprint density at radius 1 is 1.29 bits per heavy atom. The highest BCUT2D eigenvalue weighted by molar-refractivity contribution is 5.73. The third-order valence-electron chi connectivity index (χ3n) is 4.83. The highest BCUT2D eigenvalue weighted by Gasteiger charge is 2.40. The van der Waals surface area contributed by atoms with E-state index in [1.54, 1.807) is 4.90 Å². The number of nitriles is 1. The van der Waals surface area contributed by atoms with Gasteiger partial charge in [-0.25, -0.2) is 4.79 Å². The van der Waals surface area contributed by atoms with E-state index in [0.717, 1.165) is 17.5 Å². The predicted molar refractivity (Wildman–Crippen MR) is 93.1 cm³/mol. The van der Waals surface area contributed by atoms with E-state index >= 15 is 0 Å². The van der Waals surface area contributed by atoms with E-state index in [9.17, 15) is 10.1 Å². The molecule has 1 aliphatic carbocycles. The average molecular weight is 319 g/mol. The Balaban J connectivity index is 2.01. The average Bonchev–Trinajstić information content (AvgIpc) is 2.84. The van der Waals surface area contributed by atoms with Crippen molar-refractivity contribution in [2.45, 2.75) is 38.3 Å². The van der Waals surface area contributed by atoms with Crippen molar-refractivity contribution in [2.75, 3.05) is 0 Å². The van der Waals surface area contributed by atoms with E-state index in [1.807, 2.05) is 48.5 Å². The van der Waals surface area contributed by atoms with Gasteiger partial charge in [-0.05, 0) is 40.7 Å². The Morgan fingerprint density at radius 2 is 2.00 bits per heavy atom. The largest absolute Gasteiger partial charge is 0.351 e. The molecule has 1 atom stereocenters. The first kappa shape index (κ1) is 16.1. The molecule has 4 heteroatoms. The predicted octanol–water partition coefficient (Wildman–Crippen LogP) is 3.86. The lowest BCUT2D eigenvalue weighted by atomic mass is 9.86. The van der Waals surface area contributed by atoms with E-state index in [4.69, 9.17) is 5.73 Å². The summed E-state index contributed by atoms with van der Waals surface area (Å²) in [6.45, 7) is 4.80. The summed E-state index contributed by atoms with van der Waals surface area (Å²) >= 11 is 0. The maximum atomic E-state index is 12.1. The Labute approximate surface area is 142 Å². The second-order valence-corrected chi connectivity index (χ2v) is 6.97. The second kappa shape index (κ2) is 6.01. The van der Waals surface area contributed by atoms with E-state index in [-0.39, 0.29) is 11.5 Å². The minimum Gasteiger partial charge on any atom is -0.351 e. The van der Waals surface area contributed by atoms with Crippen molar-refractivity contribution in [1.82, 2.24) is 4.90 Å². The highest BCUT2D eigenvalue weighted by Crippen LogP contribution is 2.47. The first-order chi connectivity index (χ1) is 11.4. The maximum absolute atomic E-state index is 12.1. The lowest BCUT2D eigenvalue weighted by molar-refractivity contribution is 0.173. The molecule has 0 heterocycles. The maximum Gasteiger partial charge on any atom is 0.315 e. The number of fused-ring (bicyclic) bond motifs is 1. The van der Waals surface area contributed by atoms with Gasteiger partial charge in [0, 0.05) is 6.54 Å². The molecule has 3 rings (SSSR count). The fraction of sp³-hybridized carbons (Fsp3) is 0.300. The third-order valence-corrected chi connectivity index (χ3v) is 4.83. The topological polar surface area (TPSA) is 70.1 Å². The molecule has 2 aromatic carbocycles. The molecule has 0 saturated carbocycles. The first-order valence-corrected chi connectivity index (χ1v) is 8.07. The number of hydrogen-bond acceptors (Lipinski definition) is 2. The Kier molecular flexibility index (Phi) is 4.02. The summed E-state index contributed by atoms with van der Waals surface area (Å²) in [7, 11) is 0. The van der Waals surface area contributed by atoms with Crippen molar-refractivity contribution in [3.05, 3.63) is 70.8 Å². The van der Waals surface area contributed by atoms with E-state index in [1.165, 1.54) is 5.56 Å². The number of rotatable bonds is 3. The molecule has 0 aromatic heterocycles. The van der Waals surface area contributed by atoms with Crippen LogP contribution in [0.4, 0.5) is 4.79 Å². The monoisotopic (exact) mass is 319 g/mol. The Bertz CT molecular complexity index is 805. The van der Waals surface area contributed by atoms with E-state index < -0.39 is 6.03 Å². The number of benzene rings is 2. The summed E-state index contributed by atoms with van der Waals surface area (Å²) in [4.78, 5) is 13.9. The number of nitrogens with two attached hydrogens (primary N) is 1. The van der Waals surface area contributed by atoms with Crippen LogP contribution in [-0.2, 0) is 12.0 Å². The molecule has 0 fully saturated rings. The zero-order valence-corrected chi connectivity index (χ0v) is 14.0. The van der Waals surface area contributed by atoms with Gasteiger partial charge >= 0.3 is 6.03 Å². The van der Waals surface area contributed by atoms with Crippen LogP contribution in [0.5, 0.6) is 0 Å². The van der Waals surface area contributed by atoms with E-state index in [2.05, 4.69) is 19.9 Å². The van der Waals surface area contributed by atoms with Crippen LogP contribution in [0.1, 0.15) is 48.6 Å². The van der Waals surface area contributed by atoms with Gasteiger partial charge in [0.2, 0.25) is 0 Å². The number of nitrogens with zero attached hydrogens (tertiary/aromatic N) is 2. The summed E-state index contributed by atoms with van der Waals surface area (Å²) in [5.41, 5.74) is 9.52. The van der Waals surface area contributed by atoms with Crippen LogP contribution in [0.15, 0.2) is 48.5 Å². The van der Waals surface area contributed by atoms with Crippen molar-refractivity contribution in [1.29, 1.82) is 5.26 Å². The summed E-state index contributed by atoms with van der Waals surface area (Å²) in [5, 5.41) is 9.21. The van der Waals surface area contributed by atoms with Gasteiger partial charge in [0.1, 0.15) is 0 Å². The lowest BCUT2D eigenvalue weighted by Crippen LogP contribution is -2.38. The molecule has 122 valence electrons. The smallest absolute Gasteiger partial charge is 0.315 e. The van der Waals surface area contributed by atoms with Crippen LogP contribution in [0.25, 0.3) is 0 Å². The molecule has 4 nitrogen and oxygen atoms in total. The summed E-state index contributed by atoms with van der Waals surface area (Å²) < 4.78 is 0. The number of urea groups is 1. The zero-order valence-electron chi connectivity index (χ0n) is 14.0. The van der Waals surface area contributed by atoms with E-state index in [0.29, 0.717) is 12.1 Å².